The lowest BCUT2D eigenvalue weighted by atomic mass is 10.1. The molecular weight excluding hydrogens is 374 g/mol. The molecule has 0 saturated heterocycles. The number of benzene rings is 2. The van der Waals surface area contributed by atoms with Crippen LogP contribution in [0.3, 0.4) is 0 Å². The van der Waals surface area contributed by atoms with Gasteiger partial charge in [-0.25, -0.2) is 10.1 Å². The molecule has 0 aliphatic carbocycles. The van der Waals surface area contributed by atoms with Crippen LogP contribution in [0.2, 0.25) is 0 Å². The Hall–Kier alpha value is -3.33. The first-order valence-corrected chi connectivity index (χ1v) is 9.56. The number of hydrogen-bond acceptors (Lipinski definition) is 7. The number of nitrogens with zero attached hydrogens (tertiary/aromatic N) is 4. The standard InChI is InChI=1S/C19H21N7OS/c1-13-8-9-16(14(2)10-13)22-17(27)12-28-19-25-24-18(26(19)20)23-21-11-15-6-4-3-5-7-15/h3-11H,12,20H2,1-2H3,(H,22,27)(H,23,24)/b21-11+. The van der Waals surface area contributed by atoms with Crippen molar-refractivity contribution in [2.75, 3.05) is 22.3 Å². The number of amides is 1. The second-order valence-electron chi connectivity index (χ2n) is 6.11. The van der Waals surface area contributed by atoms with E-state index in [1.165, 1.54) is 16.4 Å². The van der Waals surface area contributed by atoms with Gasteiger partial charge in [-0.15, -0.1) is 10.2 Å². The lowest BCUT2D eigenvalue weighted by Crippen LogP contribution is -2.17. The molecule has 0 saturated carbocycles. The molecule has 3 rings (SSSR count). The number of aromatic nitrogens is 3. The number of carbonyl (C=O) groups is 1. The highest BCUT2D eigenvalue weighted by atomic mass is 32.2. The molecule has 2 aromatic carbocycles. The monoisotopic (exact) mass is 395 g/mol. The molecule has 1 heterocycles. The SMILES string of the molecule is Cc1ccc(NC(=O)CSc2nnc(N/N=C/c3ccccc3)n2N)c(C)c1. The van der Waals surface area contributed by atoms with Crippen LogP contribution in [-0.2, 0) is 4.79 Å². The molecule has 8 nitrogen and oxygen atoms in total. The number of thioether (sulfide) groups is 1. The average molecular weight is 395 g/mol. The van der Waals surface area contributed by atoms with Crippen LogP contribution in [0.4, 0.5) is 11.6 Å². The third kappa shape index (κ3) is 5.10. The summed E-state index contributed by atoms with van der Waals surface area (Å²) >= 11 is 1.19. The molecule has 1 amide bonds. The molecule has 28 heavy (non-hydrogen) atoms. The Labute approximate surface area is 167 Å². The molecule has 0 bridgehead atoms. The van der Waals surface area contributed by atoms with Crippen molar-refractivity contribution >= 4 is 35.5 Å². The highest BCUT2D eigenvalue weighted by Crippen LogP contribution is 2.19. The summed E-state index contributed by atoms with van der Waals surface area (Å²) in [6.45, 7) is 3.97. The summed E-state index contributed by atoms with van der Waals surface area (Å²) in [6.07, 6.45) is 1.65. The molecule has 0 atom stereocenters. The Morgan fingerprint density at radius 3 is 2.75 bits per heavy atom. The minimum Gasteiger partial charge on any atom is -0.334 e. The van der Waals surface area contributed by atoms with Crippen LogP contribution < -0.4 is 16.6 Å². The Morgan fingerprint density at radius 2 is 2.00 bits per heavy atom. The zero-order valence-electron chi connectivity index (χ0n) is 15.6. The largest absolute Gasteiger partial charge is 0.334 e. The van der Waals surface area contributed by atoms with E-state index in [2.05, 4.69) is 26.0 Å². The zero-order chi connectivity index (χ0) is 19.9. The van der Waals surface area contributed by atoms with Crippen molar-refractivity contribution in [2.45, 2.75) is 19.0 Å². The summed E-state index contributed by atoms with van der Waals surface area (Å²) in [6, 6.07) is 15.5. The van der Waals surface area contributed by atoms with Crippen LogP contribution >= 0.6 is 11.8 Å². The summed E-state index contributed by atoms with van der Waals surface area (Å²) in [5.74, 6) is 6.27. The van der Waals surface area contributed by atoms with E-state index in [9.17, 15) is 4.79 Å². The smallest absolute Gasteiger partial charge is 0.264 e. The van der Waals surface area contributed by atoms with Gasteiger partial charge < -0.3 is 11.2 Å². The number of nitrogens with one attached hydrogen (secondary N) is 2. The Kier molecular flexibility index (Phi) is 6.28. The number of aryl methyl sites for hydroxylation is 2. The first-order chi connectivity index (χ1) is 13.5. The molecule has 4 N–H and O–H groups in total. The molecule has 3 aromatic rings. The topological polar surface area (TPSA) is 110 Å². The highest BCUT2D eigenvalue weighted by molar-refractivity contribution is 7.99. The normalized spacial score (nSPS) is 10.9. The molecule has 0 radical (unpaired) electrons. The predicted octanol–water partition coefficient (Wildman–Crippen LogP) is 2.79. The molecular formula is C19H21N7OS. The van der Waals surface area contributed by atoms with Gasteiger partial charge in [0.05, 0.1) is 12.0 Å². The van der Waals surface area contributed by atoms with Crippen molar-refractivity contribution in [3.05, 3.63) is 65.2 Å². The summed E-state index contributed by atoms with van der Waals surface area (Å²) in [5.41, 5.74) is 6.64. The number of anilines is 2. The van der Waals surface area contributed by atoms with Gasteiger partial charge in [-0.3, -0.25) is 4.79 Å². The van der Waals surface area contributed by atoms with Crippen LogP contribution in [0, 0.1) is 13.8 Å². The first kappa shape index (κ1) is 19.4. The van der Waals surface area contributed by atoms with Crippen molar-refractivity contribution in [1.29, 1.82) is 0 Å². The van der Waals surface area contributed by atoms with Crippen LogP contribution in [0.1, 0.15) is 16.7 Å². The molecule has 0 spiro atoms. The molecule has 0 fully saturated rings. The fourth-order valence-corrected chi connectivity index (χ4v) is 3.08. The van der Waals surface area contributed by atoms with Gasteiger partial charge in [-0.05, 0) is 31.0 Å². The summed E-state index contributed by atoms with van der Waals surface area (Å²) in [7, 11) is 0. The van der Waals surface area contributed by atoms with Gasteiger partial charge in [0.2, 0.25) is 11.1 Å². The maximum absolute atomic E-state index is 12.2. The van der Waals surface area contributed by atoms with Crippen molar-refractivity contribution < 1.29 is 4.79 Å². The second kappa shape index (κ2) is 9.05. The number of rotatable bonds is 7. The Bertz CT molecular complexity index is 985. The first-order valence-electron chi connectivity index (χ1n) is 8.57. The van der Waals surface area contributed by atoms with Crippen LogP contribution in [0.15, 0.2) is 58.8 Å². The summed E-state index contributed by atoms with van der Waals surface area (Å²) < 4.78 is 1.26. The van der Waals surface area contributed by atoms with Gasteiger partial charge in [-0.2, -0.15) is 5.10 Å². The Morgan fingerprint density at radius 1 is 1.21 bits per heavy atom. The molecule has 0 aliphatic rings. The fraction of sp³-hybridized carbons (Fsp3) is 0.158. The van der Waals surface area contributed by atoms with Crippen molar-refractivity contribution in [3.63, 3.8) is 0 Å². The van der Waals surface area contributed by atoms with Gasteiger partial charge in [0.25, 0.3) is 5.95 Å². The van der Waals surface area contributed by atoms with Crippen LogP contribution in [0.25, 0.3) is 0 Å². The van der Waals surface area contributed by atoms with E-state index < -0.39 is 0 Å². The van der Waals surface area contributed by atoms with Crippen molar-refractivity contribution in [3.8, 4) is 0 Å². The number of carbonyl (C=O) groups excluding carboxylic acids is 1. The third-order valence-corrected chi connectivity index (χ3v) is 4.77. The minimum absolute atomic E-state index is 0.142. The number of hydrogen-bond donors (Lipinski definition) is 3. The molecule has 9 heteroatoms. The van der Waals surface area contributed by atoms with Crippen molar-refractivity contribution in [2.24, 2.45) is 5.10 Å². The fourth-order valence-electron chi connectivity index (χ4n) is 2.43. The van der Waals surface area contributed by atoms with Gasteiger partial charge in [0, 0.05) is 5.69 Å². The maximum atomic E-state index is 12.2. The zero-order valence-corrected chi connectivity index (χ0v) is 16.4. The summed E-state index contributed by atoms with van der Waals surface area (Å²) in [4.78, 5) is 12.2. The van der Waals surface area contributed by atoms with E-state index in [4.69, 9.17) is 5.84 Å². The lowest BCUT2D eigenvalue weighted by Gasteiger charge is -2.08. The lowest BCUT2D eigenvalue weighted by molar-refractivity contribution is -0.113. The quantitative estimate of drug-likeness (QED) is 0.246. The number of nitrogen functional groups attached to an aromatic ring is 1. The van der Waals surface area contributed by atoms with Crippen LogP contribution in [0.5, 0.6) is 0 Å². The van der Waals surface area contributed by atoms with E-state index in [1.54, 1.807) is 6.21 Å². The highest BCUT2D eigenvalue weighted by Gasteiger charge is 2.12. The van der Waals surface area contributed by atoms with E-state index >= 15 is 0 Å². The maximum Gasteiger partial charge on any atom is 0.264 e. The van der Waals surface area contributed by atoms with Crippen molar-refractivity contribution in [1.82, 2.24) is 14.9 Å². The van der Waals surface area contributed by atoms with E-state index in [0.29, 0.717) is 5.16 Å². The summed E-state index contributed by atoms with van der Waals surface area (Å²) in [5, 5.41) is 15.3. The van der Waals surface area contributed by atoms with E-state index in [1.807, 2.05) is 62.4 Å². The Balaban J connectivity index is 1.53. The predicted molar refractivity (Wildman–Crippen MR) is 113 cm³/mol. The van der Waals surface area contributed by atoms with Gasteiger partial charge in [0.15, 0.2) is 0 Å². The van der Waals surface area contributed by atoms with E-state index in [0.717, 1.165) is 22.4 Å². The van der Waals surface area contributed by atoms with Gasteiger partial charge in [0.1, 0.15) is 0 Å². The second-order valence-corrected chi connectivity index (χ2v) is 7.05. The number of nitrogens with two attached hydrogens (primary N) is 1. The average Bonchev–Trinajstić information content (AvgIpc) is 3.03. The van der Waals surface area contributed by atoms with Crippen LogP contribution in [-0.4, -0.2) is 32.7 Å². The molecule has 0 unspecified atom stereocenters. The molecule has 144 valence electrons. The van der Waals surface area contributed by atoms with E-state index in [-0.39, 0.29) is 17.6 Å². The molecule has 0 aliphatic heterocycles. The van der Waals surface area contributed by atoms with Gasteiger partial charge in [-0.1, -0.05) is 59.8 Å². The van der Waals surface area contributed by atoms with Gasteiger partial charge >= 0.3 is 0 Å². The number of hydrazone groups is 1. The third-order valence-electron chi connectivity index (χ3n) is 3.83. The minimum atomic E-state index is -0.142. The molecule has 1 aromatic heterocycles.